The maximum absolute atomic E-state index is 12.8. The summed E-state index contributed by atoms with van der Waals surface area (Å²) in [6.07, 6.45) is 0.292. The van der Waals surface area contributed by atoms with E-state index in [1.54, 1.807) is 46.6 Å². The first-order chi connectivity index (χ1) is 18.4. The van der Waals surface area contributed by atoms with Crippen LogP contribution >= 0.6 is 0 Å². The Kier molecular flexibility index (Phi) is 8.80. The predicted molar refractivity (Wildman–Crippen MR) is 141 cm³/mol. The first-order valence-corrected chi connectivity index (χ1v) is 12.6. The zero-order valence-electron chi connectivity index (χ0n) is 22.6. The Morgan fingerprint density at radius 2 is 1.76 bits per heavy atom. The van der Waals surface area contributed by atoms with E-state index in [0.29, 0.717) is 53.6 Å². The quantitative estimate of drug-likeness (QED) is 0.295. The van der Waals surface area contributed by atoms with Crippen LogP contribution in [0.25, 0.3) is 11.1 Å². The summed E-state index contributed by atoms with van der Waals surface area (Å²) >= 11 is 0. The lowest BCUT2D eigenvalue weighted by atomic mass is 10.1. The molecule has 1 aliphatic rings. The van der Waals surface area contributed by atoms with Gasteiger partial charge in [-0.1, -0.05) is 6.07 Å². The molecular formula is C27H36N4O7. The molecule has 1 saturated heterocycles. The number of rotatable bonds is 11. The number of carbonyl (C=O) groups is 1. The number of amides is 1. The number of piperazine rings is 1. The Labute approximate surface area is 222 Å². The molecule has 0 bridgehead atoms. The van der Waals surface area contributed by atoms with Crippen LogP contribution in [0.5, 0.6) is 23.0 Å². The van der Waals surface area contributed by atoms with Gasteiger partial charge in [0, 0.05) is 57.0 Å². The van der Waals surface area contributed by atoms with Gasteiger partial charge in [0.1, 0.15) is 5.75 Å². The maximum Gasteiger partial charge on any atom is 0.361 e. The van der Waals surface area contributed by atoms with Gasteiger partial charge in [0.25, 0.3) is 5.52 Å². The number of fused-ring (bicyclic) bond motifs is 1. The number of oxazole rings is 1. The van der Waals surface area contributed by atoms with Gasteiger partial charge in [0.15, 0.2) is 11.5 Å². The third-order valence-corrected chi connectivity index (χ3v) is 6.99. The van der Waals surface area contributed by atoms with Crippen molar-refractivity contribution in [2.24, 2.45) is 0 Å². The van der Waals surface area contributed by atoms with Crippen LogP contribution in [0.3, 0.4) is 0 Å². The summed E-state index contributed by atoms with van der Waals surface area (Å²) in [7, 11) is 6.38. The normalized spacial score (nSPS) is 15.3. The standard InChI is InChI=1S/C27H36N4O7/c1-18(27(32)28-11-10-24-31(33)21-8-7-20(34-2)16-23(21)38-24)30-14-12-29(13-15-30)17-19-6-9-22(35-3)26(37-5)25(19)36-4/h6-9,16,18H,10-15,17H2,1-5H3,(H,28,32). The highest BCUT2D eigenvalue weighted by molar-refractivity contribution is 5.81. The van der Waals surface area contributed by atoms with E-state index >= 15 is 0 Å². The Balaban J connectivity index is 1.27. The van der Waals surface area contributed by atoms with Crippen molar-refractivity contribution < 1.29 is 32.9 Å². The summed E-state index contributed by atoms with van der Waals surface area (Å²) in [6.45, 7) is 6.06. The molecule has 1 aliphatic heterocycles. The zero-order valence-corrected chi connectivity index (χ0v) is 22.6. The van der Waals surface area contributed by atoms with E-state index in [2.05, 4.69) is 15.1 Å². The molecule has 4 rings (SSSR count). The van der Waals surface area contributed by atoms with Gasteiger partial charge in [-0.3, -0.25) is 14.6 Å². The number of hydrogen-bond donors (Lipinski definition) is 1. The van der Waals surface area contributed by atoms with Gasteiger partial charge in [-0.25, -0.2) is 0 Å². The van der Waals surface area contributed by atoms with Crippen molar-refractivity contribution in [1.29, 1.82) is 0 Å². The molecule has 1 N–H and O–H groups in total. The van der Waals surface area contributed by atoms with Gasteiger partial charge in [-0.15, -0.1) is 4.73 Å². The van der Waals surface area contributed by atoms with Crippen LogP contribution in [0.2, 0.25) is 0 Å². The van der Waals surface area contributed by atoms with Crippen molar-refractivity contribution in [3.05, 3.63) is 47.0 Å². The van der Waals surface area contributed by atoms with Crippen molar-refractivity contribution >= 4 is 17.0 Å². The fourth-order valence-electron chi connectivity index (χ4n) is 4.77. The molecule has 1 aromatic heterocycles. The highest BCUT2D eigenvalue weighted by Crippen LogP contribution is 2.40. The Morgan fingerprint density at radius 3 is 2.42 bits per heavy atom. The van der Waals surface area contributed by atoms with Crippen LogP contribution in [-0.2, 0) is 17.8 Å². The van der Waals surface area contributed by atoms with E-state index in [1.807, 2.05) is 19.1 Å². The lowest BCUT2D eigenvalue weighted by molar-refractivity contribution is -0.592. The number of nitrogens with one attached hydrogen (secondary N) is 1. The number of ether oxygens (including phenoxy) is 4. The van der Waals surface area contributed by atoms with Crippen molar-refractivity contribution in [1.82, 2.24) is 15.1 Å². The van der Waals surface area contributed by atoms with Crippen LogP contribution in [-0.4, -0.2) is 82.9 Å². The topological polar surface area (TPSA) is 113 Å². The summed E-state index contributed by atoms with van der Waals surface area (Å²) in [5, 5.41) is 15.4. The van der Waals surface area contributed by atoms with Gasteiger partial charge in [-0.05, 0) is 19.1 Å². The van der Waals surface area contributed by atoms with Crippen molar-refractivity contribution in [2.75, 3.05) is 61.2 Å². The molecule has 1 atom stereocenters. The summed E-state index contributed by atoms with van der Waals surface area (Å²) in [5.41, 5.74) is 1.91. The summed E-state index contributed by atoms with van der Waals surface area (Å²) in [6, 6.07) is 8.64. The monoisotopic (exact) mass is 528 g/mol. The first kappa shape index (κ1) is 27.3. The number of nitrogens with zero attached hydrogens (tertiary/aromatic N) is 3. The second-order valence-electron chi connectivity index (χ2n) is 9.15. The summed E-state index contributed by atoms with van der Waals surface area (Å²) in [5.74, 6) is 2.67. The smallest absolute Gasteiger partial charge is 0.361 e. The third-order valence-electron chi connectivity index (χ3n) is 6.99. The van der Waals surface area contributed by atoms with Crippen molar-refractivity contribution in [2.45, 2.75) is 25.9 Å². The van der Waals surface area contributed by atoms with Gasteiger partial charge >= 0.3 is 5.89 Å². The number of hydrogen-bond acceptors (Lipinski definition) is 9. The van der Waals surface area contributed by atoms with Gasteiger partial charge in [0.2, 0.25) is 17.2 Å². The highest BCUT2D eigenvalue weighted by atomic mass is 16.5. The largest absolute Gasteiger partial charge is 0.616 e. The molecule has 3 aromatic rings. The Bertz CT molecular complexity index is 1250. The van der Waals surface area contributed by atoms with Gasteiger partial charge in [-0.2, -0.15) is 0 Å². The zero-order chi connectivity index (χ0) is 27.2. The van der Waals surface area contributed by atoms with Crippen LogP contribution < -0.4 is 29.0 Å². The molecule has 206 valence electrons. The highest BCUT2D eigenvalue weighted by Gasteiger charge is 2.27. The molecule has 11 heteroatoms. The molecule has 1 unspecified atom stereocenters. The predicted octanol–water partition coefficient (Wildman–Crippen LogP) is 1.97. The second kappa shape index (κ2) is 12.2. The third kappa shape index (κ3) is 5.73. The van der Waals surface area contributed by atoms with Crippen LogP contribution in [0.1, 0.15) is 18.4 Å². The molecule has 2 heterocycles. The van der Waals surface area contributed by atoms with Crippen LogP contribution in [0, 0.1) is 5.21 Å². The number of carbonyl (C=O) groups excluding carboxylic acids is 1. The Hall–Kier alpha value is -3.70. The van der Waals surface area contributed by atoms with Gasteiger partial charge < -0.3 is 33.9 Å². The Morgan fingerprint density at radius 1 is 1.03 bits per heavy atom. The number of aromatic nitrogens is 1. The van der Waals surface area contributed by atoms with Crippen molar-refractivity contribution in [3.63, 3.8) is 0 Å². The maximum atomic E-state index is 12.8. The molecule has 2 aromatic carbocycles. The summed E-state index contributed by atoms with van der Waals surface area (Å²) < 4.78 is 28.1. The van der Waals surface area contributed by atoms with Crippen molar-refractivity contribution in [3.8, 4) is 23.0 Å². The molecule has 1 fully saturated rings. The van der Waals surface area contributed by atoms with Gasteiger partial charge in [0.05, 0.1) is 40.9 Å². The number of benzene rings is 2. The SMILES string of the molecule is COc1ccc2c(c1)oc(CCNC(=O)C(C)N1CCN(Cc3ccc(OC)c(OC)c3OC)CC1)[n+]2[O-]. The fourth-order valence-corrected chi connectivity index (χ4v) is 4.77. The van der Waals surface area contributed by atoms with E-state index in [0.717, 1.165) is 36.5 Å². The van der Waals surface area contributed by atoms with E-state index in [1.165, 1.54) is 0 Å². The fraction of sp³-hybridized carbons (Fsp3) is 0.481. The lowest BCUT2D eigenvalue weighted by Gasteiger charge is -2.37. The minimum Gasteiger partial charge on any atom is -0.616 e. The van der Waals surface area contributed by atoms with E-state index < -0.39 is 0 Å². The molecule has 0 spiro atoms. The minimum atomic E-state index is -0.285. The first-order valence-electron chi connectivity index (χ1n) is 12.6. The van der Waals surface area contributed by atoms with E-state index in [4.69, 9.17) is 23.4 Å². The van der Waals surface area contributed by atoms with E-state index in [-0.39, 0.29) is 17.8 Å². The molecule has 0 radical (unpaired) electrons. The van der Waals surface area contributed by atoms with Crippen LogP contribution in [0.4, 0.5) is 0 Å². The second-order valence-corrected chi connectivity index (χ2v) is 9.15. The molecule has 11 nitrogen and oxygen atoms in total. The molecular weight excluding hydrogens is 492 g/mol. The minimum absolute atomic E-state index is 0.0739. The van der Waals surface area contributed by atoms with Crippen LogP contribution in [0.15, 0.2) is 34.7 Å². The summed E-state index contributed by atoms with van der Waals surface area (Å²) in [4.78, 5) is 17.3. The van der Waals surface area contributed by atoms with E-state index in [9.17, 15) is 10.0 Å². The average molecular weight is 529 g/mol. The average Bonchev–Trinajstić information content (AvgIpc) is 3.26. The number of methoxy groups -OCH3 is 4. The molecule has 0 aliphatic carbocycles. The molecule has 1 amide bonds. The molecule has 0 saturated carbocycles. The lowest BCUT2D eigenvalue weighted by Crippen LogP contribution is -2.53. The molecule has 38 heavy (non-hydrogen) atoms.